The molecule has 0 unspecified atom stereocenters. The summed E-state index contributed by atoms with van der Waals surface area (Å²) in [6, 6.07) is 2.86. The third-order valence-corrected chi connectivity index (χ3v) is 2.71. The summed E-state index contributed by atoms with van der Waals surface area (Å²) < 4.78 is 19.1. The molecular weight excluding hydrogens is 291 g/mol. The number of halogens is 1. The molecule has 2 rings (SSSR count). The number of nitrogens with two attached hydrogens (primary N) is 1. The number of primary amides is 1. The highest BCUT2D eigenvalue weighted by Gasteiger charge is 2.17. The van der Waals surface area contributed by atoms with Crippen molar-refractivity contribution in [3.63, 3.8) is 0 Å². The van der Waals surface area contributed by atoms with Crippen molar-refractivity contribution in [3.05, 3.63) is 42.0 Å². The van der Waals surface area contributed by atoms with E-state index in [1.807, 2.05) is 0 Å². The van der Waals surface area contributed by atoms with Gasteiger partial charge in [-0.2, -0.15) is 0 Å². The summed E-state index contributed by atoms with van der Waals surface area (Å²) in [4.78, 5) is 25.8. The van der Waals surface area contributed by atoms with E-state index in [9.17, 15) is 14.0 Å². The number of benzene rings is 1. The van der Waals surface area contributed by atoms with Crippen LogP contribution < -0.4 is 21.1 Å². The van der Waals surface area contributed by atoms with Crippen LogP contribution in [-0.4, -0.2) is 23.5 Å². The molecule has 0 fully saturated rings. The van der Waals surface area contributed by atoms with E-state index in [1.54, 1.807) is 19.2 Å². The number of amides is 3. The van der Waals surface area contributed by atoms with E-state index in [0.717, 1.165) is 12.1 Å². The molecule has 0 aliphatic carbocycles. The fourth-order valence-corrected chi connectivity index (χ4v) is 1.87. The number of ether oxygens (including phenoxy) is 1. The quantitative estimate of drug-likeness (QED) is 0.680. The van der Waals surface area contributed by atoms with E-state index >= 15 is 0 Å². The van der Waals surface area contributed by atoms with Gasteiger partial charge in [0.2, 0.25) is 0 Å². The molecular formula is C14H15FN4O3. The van der Waals surface area contributed by atoms with Gasteiger partial charge in [-0.25, -0.2) is 9.18 Å². The predicted molar refractivity (Wildman–Crippen MR) is 79.5 cm³/mol. The Hall–Kier alpha value is -3.03. The highest BCUT2D eigenvalue weighted by molar-refractivity contribution is 6.06. The molecule has 8 heteroatoms. The monoisotopic (exact) mass is 306 g/mol. The van der Waals surface area contributed by atoms with Gasteiger partial charge in [0.1, 0.15) is 5.82 Å². The maximum Gasteiger partial charge on any atom is 0.316 e. The number of hydrogen-bond acceptors (Lipinski definition) is 3. The Morgan fingerprint density at radius 2 is 2.00 bits per heavy atom. The third-order valence-electron chi connectivity index (χ3n) is 2.71. The molecule has 0 aliphatic heterocycles. The zero-order chi connectivity index (χ0) is 16.1. The average Bonchev–Trinajstić information content (AvgIpc) is 2.96. The summed E-state index contributed by atoms with van der Waals surface area (Å²) >= 11 is 0. The van der Waals surface area contributed by atoms with E-state index in [-0.39, 0.29) is 23.7 Å². The van der Waals surface area contributed by atoms with Gasteiger partial charge < -0.3 is 26.1 Å². The van der Waals surface area contributed by atoms with Crippen molar-refractivity contribution in [1.29, 1.82) is 0 Å². The average molecular weight is 306 g/mol. The molecule has 5 N–H and O–H groups in total. The Labute approximate surface area is 125 Å². The van der Waals surface area contributed by atoms with Gasteiger partial charge in [0.05, 0.1) is 23.5 Å². The standard InChI is InChI=1S/C14H15FN4O3/c1-2-22-12-10(18-13(20)8-3-4-17-7-8)5-9(15)6-11(12)19-14(16)21/h3-7,17H,2H2,1H3,(H,18,20)(H3,16,19,21). The second kappa shape index (κ2) is 6.61. The lowest BCUT2D eigenvalue weighted by Crippen LogP contribution is -2.21. The van der Waals surface area contributed by atoms with Crippen molar-refractivity contribution in [2.75, 3.05) is 17.2 Å². The first-order valence-corrected chi connectivity index (χ1v) is 6.48. The first kappa shape index (κ1) is 15.4. The van der Waals surface area contributed by atoms with Gasteiger partial charge in [0, 0.05) is 24.5 Å². The topological polar surface area (TPSA) is 109 Å². The van der Waals surface area contributed by atoms with Gasteiger partial charge in [-0.1, -0.05) is 0 Å². The summed E-state index contributed by atoms with van der Waals surface area (Å²) in [7, 11) is 0. The van der Waals surface area contributed by atoms with Crippen LogP contribution in [-0.2, 0) is 0 Å². The number of H-pyrrole nitrogens is 1. The lowest BCUT2D eigenvalue weighted by atomic mass is 10.2. The van der Waals surface area contributed by atoms with E-state index in [4.69, 9.17) is 10.5 Å². The van der Waals surface area contributed by atoms with Gasteiger partial charge in [0.25, 0.3) is 5.91 Å². The lowest BCUT2D eigenvalue weighted by molar-refractivity contribution is 0.102. The Kier molecular flexibility index (Phi) is 4.62. The third kappa shape index (κ3) is 3.54. The molecule has 0 saturated heterocycles. The number of urea groups is 1. The van der Waals surface area contributed by atoms with Gasteiger partial charge in [-0.3, -0.25) is 4.79 Å². The van der Waals surface area contributed by atoms with Crippen molar-refractivity contribution in [2.45, 2.75) is 6.92 Å². The Balaban J connectivity index is 2.37. The Morgan fingerprint density at radius 3 is 2.55 bits per heavy atom. The molecule has 0 radical (unpaired) electrons. The van der Waals surface area contributed by atoms with Crippen LogP contribution >= 0.6 is 0 Å². The Morgan fingerprint density at radius 1 is 1.32 bits per heavy atom. The van der Waals surface area contributed by atoms with Crippen molar-refractivity contribution in [2.24, 2.45) is 5.73 Å². The number of anilines is 2. The fraction of sp³-hybridized carbons (Fsp3) is 0.143. The number of rotatable bonds is 5. The van der Waals surface area contributed by atoms with Crippen LogP contribution in [0.25, 0.3) is 0 Å². The molecule has 0 spiro atoms. The Bertz CT molecular complexity index is 686. The summed E-state index contributed by atoms with van der Waals surface area (Å²) in [5, 5.41) is 4.80. The molecule has 0 saturated carbocycles. The molecule has 1 heterocycles. The molecule has 0 bridgehead atoms. The molecule has 2 aromatic rings. The molecule has 22 heavy (non-hydrogen) atoms. The minimum atomic E-state index is -0.866. The van der Waals surface area contributed by atoms with Gasteiger partial charge in [-0.15, -0.1) is 0 Å². The normalized spacial score (nSPS) is 10.1. The predicted octanol–water partition coefficient (Wildman–Crippen LogP) is 2.30. The number of aromatic nitrogens is 1. The van der Waals surface area contributed by atoms with Crippen LogP contribution in [0.5, 0.6) is 5.75 Å². The first-order valence-electron chi connectivity index (χ1n) is 6.48. The fourth-order valence-electron chi connectivity index (χ4n) is 1.87. The van der Waals surface area contributed by atoms with Crippen LogP contribution in [0.3, 0.4) is 0 Å². The summed E-state index contributed by atoms with van der Waals surface area (Å²) in [5.74, 6) is -0.971. The summed E-state index contributed by atoms with van der Waals surface area (Å²) in [5.41, 5.74) is 5.55. The van der Waals surface area contributed by atoms with Crippen LogP contribution in [0, 0.1) is 5.82 Å². The van der Waals surface area contributed by atoms with E-state index < -0.39 is 17.8 Å². The highest BCUT2D eigenvalue weighted by atomic mass is 19.1. The summed E-state index contributed by atoms with van der Waals surface area (Å²) in [6.45, 7) is 1.97. The molecule has 1 aromatic carbocycles. The number of nitrogens with one attached hydrogen (secondary N) is 3. The van der Waals surface area contributed by atoms with Crippen LogP contribution in [0.15, 0.2) is 30.6 Å². The van der Waals surface area contributed by atoms with Crippen LogP contribution in [0.2, 0.25) is 0 Å². The number of carbonyl (C=O) groups excluding carboxylic acids is 2. The zero-order valence-electron chi connectivity index (χ0n) is 11.8. The molecule has 7 nitrogen and oxygen atoms in total. The van der Waals surface area contributed by atoms with E-state index in [1.165, 1.54) is 6.20 Å². The number of aromatic amines is 1. The molecule has 0 atom stereocenters. The molecule has 116 valence electrons. The molecule has 3 amide bonds. The summed E-state index contributed by atoms with van der Waals surface area (Å²) in [6.07, 6.45) is 3.08. The van der Waals surface area contributed by atoms with Crippen molar-refractivity contribution >= 4 is 23.3 Å². The van der Waals surface area contributed by atoms with Crippen molar-refractivity contribution in [1.82, 2.24) is 4.98 Å². The second-order valence-electron chi connectivity index (χ2n) is 4.31. The van der Waals surface area contributed by atoms with Crippen molar-refractivity contribution in [3.8, 4) is 5.75 Å². The zero-order valence-corrected chi connectivity index (χ0v) is 11.8. The van der Waals surface area contributed by atoms with E-state index in [0.29, 0.717) is 5.56 Å². The SMILES string of the molecule is CCOc1c(NC(N)=O)cc(F)cc1NC(=O)c1cc[nH]c1. The van der Waals surface area contributed by atoms with Gasteiger partial charge >= 0.3 is 6.03 Å². The van der Waals surface area contributed by atoms with Gasteiger partial charge in [0.15, 0.2) is 5.75 Å². The minimum absolute atomic E-state index is 0.0405. The maximum absolute atomic E-state index is 13.7. The van der Waals surface area contributed by atoms with Crippen LogP contribution in [0.1, 0.15) is 17.3 Å². The number of carbonyl (C=O) groups is 2. The lowest BCUT2D eigenvalue weighted by Gasteiger charge is -2.16. The minimum Gasteiger partial charge on any atom is -0.489 e. The highest BCUT2D eigenvalue weighted by Crippen LogP contribution is 2.35. The maximum atomic E-state index is 13.7. The van der Waals surface area contributed by atoms with Crippen LogP contribution in [0.4, 0.5) is 20.6 Å². The molecule has 0 aliphatic rings. The molecule has 1 aromatic heterocycles. The van der Waals surface area contributed by atoms with E-state index in [2.05, 4.69) is 15.6 Å². The van der Waals surface area contributed by atoms with Gasteiger partial charge in [-0.05, 0) is 13.0 Å². The first-order chi connectivity index (χ1) is 10.5. The van der Waals surface area contributed by atoms with Crippen molar-refractivity contribution < 1.29 is 18.7 Å². The smallest absolute Gasteiger partial charge is 0.316 e. The largest absolute Gasteiger partial charge is 0.489 e. The number of hydrogen-bond donors (Lipinski definition) is 4. The second-order valence-corrected chi connectivity index (χ2v) is 4.31.